The SMILES string of the molecule is FC(F)(F)c1ccc(-c2cc(C(F)(F)F)cc3ncnn23)c(I)c1. The third kappa shape index (κ3) is 3.06. The summed E-state index contributed by atoms with van der Waals surface area (Å²) in [5.74, 6) is 0. The highest BCUT2D eigenvalue weighted by atomic mass is 127. The van der Waals surface area contributed by atoms with Crippen molar-refractivity contribution < 1.29 is 26.3 Å². The number of alkyl halides is 6. The fourth-order valence-electron chi connectivity index (χ4n) is 2.18. The predicted molar refractivity (Wildman–Crippen MR) is 81.1 cm³/mol. The van der Waals surface area contributed by atoms with Crippen molar-refractivity contribution >= 4 is 28.2 Å². The number of aromatic nitrogens is 3. The smallest absolute Gasteiger partial charge is 0.215 e. The van der Waals surface area contributed by atoms with Crippen LogP contribution < -0.4 is 0 Å². The van der Waals surface area contributed by atoms with Crippen LogP contribution in [0.5, 0.6) is 0 Å². The fourth-order valence-corrected chi connectivity index (χ4v) is 2.97. The van der Waals surface area contributed by atoms with Gasteiger partial charge in [0, 0.05) is 9.13 Å². The summed E-state index contributed by atoms with van der Waals surface area (Å²) in [6.07, 6.45) is -8.06. The van der Waals surface area contributed by atoms with Crippen molar-refractivity contribution in [2.45, 2.75) is 12.4 Å². The standard InChI is InChI=1S/C14H6F6IN3/c15-13(16,17)7-1-2-9(10(21)3-7)11-4-8(14(18,19)20)5-12-22-6-23-24(11)12/h1-6H. The molecule has 24 heavy (non-hydrogen) atoms. The monoisotopic (exact) mass is 457 g/mol. The number of benzene rings is 1. The van der Waals surface area contributed by atoms with Gasteiger partial charge in [0.2, 0.25) is 0 Å². The molecule has 126 valence electrons. The summed E-state index contributed by atoms with van der Waals surface area (Å²) in [6, 6.07) is 4.49. The quantitative estimate of drug-likeness (QED) is 0.379. The lowest BCUT2D eigenvalue weighted by atomic mass is 10.1. The number of hydrogen-bond donors (Lipinski definition) is 0. The van der Waals surface area contributed by atoms with Gasteiger partial charge in [0.15, 0.2) is 5.65 Å². The number of rotatable bonds is 1. The maximum Gasteiger partial charge on any atom is 0.416 e. The van der Waals surface area contributed by atoms with E-state index in [0.717, 1.165) is 41.2 Å². The molecule has 0 unspecified atom stereocenters. The maximum absolute atomic E-state index is 13.0. The van der Waals surface area contributed by atoms with Gasteiger partial charge in [-0.25, -0.2) is 9.50 Å². The molecule has 10 heteroatoms. The second kappa shape index (κ2) is 5.60. The van der Waals surface area contributed by atoms with Gasteiger partial charge >= 0.3 is 12.4 Å². The third-order valence-electron chi connectivity index (χ3n) is 3.28. The molecule has 3 rings (SSSR count). The van der Waals surface area contributed by atoms with Crippen LogP contribution in [-0.2, 0) is 12.4 Å². The van der Waals surface area contributed by atoms with Crippen molar-refractivity contribution in [2.75, 3.05) is 0 Å². The summed E-state index contributed by atoms with van der Waals surface area (Å²) in [7, 11) is 0. The number of fused-ring (bicyclic) bond motifs is 1. The normalized spacial score (nSPS) is 12.8. The number of pyridine rings is 1. The molecule has 0 radical (unpaired) electrons. The van der Waals surface area contributed by atoms with Gasteiger partial charge in [-0.05, 0) is 46.9 Å². The molecule has 0 amide bonds. The summed E-state index contributed by atoms with van der Waals surface area (Å²) < 4.78 is 78.6. The Morgan fingerprint density at radius 2 is 1.54 bits per heavy atom. The fraction of sp³-hybridized carbons (Fsp3) is 0.143. The van der Waals surface area contributed by atoms with E-state index in [1.165, 1.54) is 0 Å². The zero-order valence-electron chi connectivity index (χ0n) is 11.5. The summed E-state index contributed by atoms with van der Waals surface area (Å²) in [6.45, 7) is 0. The molecule has 0 bridgehead atoms. The first-order valence-electron chi connectivity index (χ1n) is 6.35. The highest BCUT2D eigenvalue weighted by Gasteiger charge is 2.33. The van der Waals surface area contributed by atoms with Gasteiger partial charge < -0.3 is 0 Å². The lowest BCUT2D eigenvalue weighted by Gasteiger charge is -2.13. The first kappa shape index (κ1) is 17.0. The van der Waals surface area contributed by atoms with E-state index >= 15 is 0 Å². The van der Waals surface area contributed by atoms with Crippen molar-refractivity contribution in [2.24, 2.45) is 0 Å². The Bertz CT molecular complexity index is 913. The molecule has 3 nitrogen and oxygen atoms in total. The average molecular weight is 457 g/mol. The molecule has 2 aromatic heterocycles. The summed E-state index contributed by atoms with van der Waals surface area (Å²) in [4.78, 5) is 3.73. The van der Waals surface area contributed by atoms with E-state index in [0.29, 0.717) is 0 Å². The molecule has 1 aromatic carbocycles. The van der Waals surface area contributed by atoms with Crippen LogP contribution in [-0.4, -0.2) is 14.6 Å². The van der Waals surface area contributed by atoms with E-state index in [-0.39, 0.29) is 20.5 Å². The molecule has 0 saturated carbocycles. The van der Waals surface area contributed by atoms with Crippen LogP contribution in [0.3, 0.4) is 0 Å². The Morgan fingerprint density at radius 1 is 0.875 bits per heavy atom. The van der Waals surface area contributed by atoms with Crippen molar-refractivity contribution in [1.82, 2.24) is 14.6 Å². The third-order valence-corrected chi connectivity index (χ3v) is 4.17. The Balaban J connectivity index is 2.24. The molecule has 0 aliphatic heterocycles. The summed E-state index contributed by atoms with van der Waals surface area (Å²) in [5, 5.41) is 3.84. The Kier molecular flexibility index (Phi) is 3.97. The molecule has 2 heterocycles. The minimum absolute atomic E-state index is 0.00968. The zero-order valence-corrected chi connectivity index (χ0v) is 13.6. The summed E-state index contributed by atoms with van der Waals surface area (Å²) in [5.41, 5.74) is -1.66. The van der Waals surface area contributed by atoms with Crippen LogP contribution in [0.4, 0.5) is 26.3 Å². The Labute approximate surface area is 144 Å². The molecular formula is C14H6F6IN3. The van der Waals surface area contributed by atoms with E-state index < -0.39 is 23.5 Å². The van der Waals surface area contributed by atoms with Gasteiger partial charge in [-0.2, -0.15) is 31.4 Å². The topological polar surface area (TPSA) is 30.2 Å². The molecule has 0 fully saturated rings. The van der Waals surface area contributed by atoms with Crippen molar-refractivity contribution in [1.29, 1.82) is 0 Å². The van der Waals surface area contributed by atoms with Crippen molar-refractivity contribution in [3.8, 4) is 11.3 Å². The van der Waals surface area contributed by atoms with E-state index in [2.05, 4.69) is 10.1 Å². The Hall–Kier alpha value is -1.85. The second-order valence-corrected chi connectivity index (χ2v) is 6.01. The van der Waals surface area contributed by atoms with Gasteiger partial charge in [0.05, 0.1) is 16.8 Å². The van der Waals surface area contributed by atoms with Crippen LogP contribution >= 0.6 is 22.6 Å². The average Bonchev–Trinajstić information content (AvgIpc) is 2.92. The van der Waals surface area contributed by atoms with Crippen molar-refractivity contribution in [3.63, 3.8) is 0 Å². The van der Waals surface area contributed by atoms with Crippen LogP contribution in [0.2, 0.25) is 0 Å². The second-order valence-electron chi connectivity index (χ2n) is 4.85. The van der Waals surface area contributed by atoms with E-state index in [4.69, 9.17) is 0 Å². The molecule has 0 aliphatic rings. The molecule has 0 atom stereocenters. The van der Waals surface area contributed by atoms with Crippen LogP contribution in [0.15, 0.2) is 36.7 Å². The lowest BCUT2D eigenvalue weighted by molar-refractivity contribution is -0.138. The van der Waals surface area contributed by atoms with Crippen molar-refractivity contribution in [3.05, 3.63) is 51.4 Å². The van der Waals surface area contributed by atoms with Crippen LogP contribution in [0.1, 0.15) is 11.1 Å². The molecule has 0 spiro atoms. The first-order valence-corrected chi connectivity index (χ1v) is 7.43. The number of halogens is 7. The van der Waals surface area contributed by atoms with Gasteiger partial charge in [0.1, 0.15) is 6.33 Å². The minimum Gasteiger partial charge on any atom is -0.215 e. The summed E-state index contributed by atoms with van der Waals surface area (Å²) >= 11 is 1.65. The molecular weight excluding hydrogens is 451 g/mol. The van der Waals surface area contributed by atoms with E-state index in [1.807, 2.05) is 0 Å². The van der Waals surface area contributed by atoms with Crippen LogP contribution in [0.25, 0.3) is 16.9 Å². The molecule has 0 saturated heterocycles. The minimum atomic E-state index is -4.61. The van der Waals surface area contributed by atoms with E-state index in [1.54, 1.807) is 22.6 Å². The van der Waals surface area contributed by atoms with Gasteiger partial charge in [-0.15, -0.1) is 0 Å². The zero-order chi connectivity index (χ0) is 17.7. The Morgan fingerprint density at radius 3 is 2.12 bits per heavy atom. The first-order chi connectivity index (χ1) is 11.1. The number of nitrogens with zero attached hydrogens (tertiary/aromatic N) is 3. The van der Waals surface area contributed by atoms with E-state index in [9.17, 15) is 26.3 Å². The van der Waals surface area contributed by atoms with Crippen LogP contribution in [0, 0.1) is 3.57 Å². The largest absolute Gasteiger partial charge is 0.416 e. The van der Waals surface area contributed by atoms with Gasteiger partial charge in [-0.3, -0.25) is 0 Å². The highest BCUT2D eigenvalue weighted by Crippen LogP contribution is 2.36. The number of hydrogen-bond acceptors (Lipinski definition) is 2. The maximum atomic E-state index is 13.0. The molecule has 0 aliphatic carbocycles. The molecule has 0 N–H and O–H groups in total. The van der Waals surface area contributed by atoms with Gasteiger partial charge in [0.25, 0.3) is 0 Å². The van der Waals surface area contributed by atoms with Gasteiger partial charge in [-0.1, -0.05) is 6.07 Å². The highest BCUT2D eigenvalue weighted by molar-refractivity contribution is 14.1. The molecule has 3 aromatic rings. The lowest BCUT2D eigenvalue weighted by Crippen LogP contribution is -2.09. The predicted octanol–water partition coefficient (Wildman–Crippen LogP) is 5.04.